The molecule has 4 nitrogen and oxygen atoms in total. The van der Waals surface area contributed by atoms with Crippen LogP contribution in [0.4, 0.5) is 0 Å². The lowest BCUT2D eigenvalue weighted by molar-refractivity contribution is 0.101. The lowest BCUT2D eigenvalue weighted by atomic mass is 10.3. The van der Waals surface area contributed by atoms with E-state index in [0.717, 1.165) is 11.0 Å². The maximum absolute atomic E-state index is 11.8. The number of hydrogen-bond donors (Lipinski definition) is 0. The van der Waals surface area contributed by atoms with Gasteiger partial charge in [-0.25, -0.2) is 0 Å². The lowest BCUT2D eigenvalue weighted by Crippen LogP contribution is -2.44. The minimum atomic E-state index is -1.65. The predicted octanol–water partition coefficient (Wildman–Crippen LogP) is 1.71. The molecule has 6 heteroatoms. The van der Waals surface area contributed by atoms with Crippen LogP contribution in [0.2, 0.25) is 39.3 Å². The summed E-state index contributed by atoms with van der Waals surface area (Å²) >= 11 is 0. The molecule has 1 aromatic rings. The van der Waals surface area contributed by atoms with Crippen LogP contribution in [0, 0.1) is 0 Å². The fraction of sp³-hybridized carbons (Fsp3) is 0.700. The number of ketones is 1. The molecule has 0 aliphatic rings. The van der Waals surface area contributed by atoms with Crippen LogP contribution in [0.25, 0.3) is 0 Å². The highest BCUT2D eigenvalue weighted by Crippen LogP contribution is 2.11. The van der Waals surface area contributed by atoms with E-state index in [-0.39, 0.29) is 5.78 Å². The average molecular weight is 255 g/mol. The van der Waals surface area contributed by atoms with Crippen LogP contribution >= 0.6 is 0 Å². The second-order valence-corrected chi connectivity index (χ2v) is 15.9. The van der Waals surface area contributed by atoms with Gasteiger partial charge in [-0.3, -0.25) is 9.14 Å². The minimum absolute atomic E-state index is 0.0878. The van der Waals surface area contributed by atoms with Crippen molar-refractivity contribution in [2.75, 3.05) is 0 Å². The van der Waals surface area contributed by atoms with E-state index < -0.39 is 16.3 Å². The van der Waals surface area contributed by atoms with E-state index >= 15 is 0 Å². The van der Waals surface area contributed by atoms with Crippen molar-refractivity contribution in [2.24, 2.45) is 0 Å². The Kier molecular flexibility index (Phi) is 3.26. The summed E-state index contributed by atoms with van der Waals surface area (Å²) in [4.78, 5) is 11.8. The van der Waals surface area contributed by atoms with Crippen LogP contribution < -0.4 is 5.32 Å². The Bertz CT molecular complexity index is 381. The van der Waals surface area contributed by atoms with Gasteiger partial charge in [0.1, 0.15) is 13.8 Å². The number of aromatic nitrogens is 3. The lowest BCUT2D eigenvalue weighted by Gasteiger charge is -2.20. The van der Waals surface area contributed by atoms with Gasteiger partial charge in [0.2, 0.25) is 0 Å². The highest BCUT2D eigenvalue weighted by Gasteiger charge is 2.32. The highest BCUT2D eigenvalue weighted by atomic mass is 28.3. The van der Waals surface area contributed by atoms with E-state index in [1.54, 1.807) is 6.92 Å². The summed E-state index contributed by atoms with van der Waals surface area (Å²) in [7, 11) is -3.25. The summed E-state index contributed by atoms with van der Waals surface area (Å²) in [5.41, 5.74) is 0.748. The normalized spacial score (nSPS) is 12.9. The van der Waals surface area contributed by atoms with Gasteiger partial charge < -0.3 is 0 Å². The Morgan fingerprint density at radius 2 is 1.62 bits per heavy atom. The zero-order valence-electron chi connectivity index (χ0n) is 11.2. The number of carbonyl (C=O) groups is 1. The third-order valence-electron chi connectivity index (χ3n) is 2.35. The summed E-state index contributed by atoms with van der Waals surface area (Å²) in [6.07, 6.45) is 0. The molecule has 1 aromatic heterocycles. The van der Waals surface area contributed by atoms with Gasteiger partial charge in [0.05, 0.1) is 5.32 Å². The number of rotatable bonds is 3. The first-order chi connectivity index (χ1) is 7.05. The molecule has 0 aliphatic heterocycles. The van der Waals surface area contributed by atoms with Crippen LogP contribution in [0.3, 0.4) is 0 Å². The second kappa shape index (κ2) is 3.92. The van der Waals surface area contributed by atoms with E-state index in [1.807, 2.05) is 4.35 Å². The van der Waals surface area contributed by atoms with Crippen molar-refractivity contribution >= 4 is 27.4 Å². The number of carbonyl (C=O) groups excluding carboxylic acids is 1. The first-order valence-corrected chi connectivity index (χ1v) is 12.5. The number of hydrogen-bond acceptors (Lipinski definition) is 3. The maximum atomic E-state index is 11.8. The molecule has 90 valence electrons. The monoisotopic (exact) mass is 255 g/mol. The van der Waals surface area contributed by atoms with Gasteiger partial charge in [-0.15, -0.1) is 5.10 Å². The minimum Gasteiger partial charge on any atom is -0.293 e. The molecule has 0 aromatic carbocycles. The molecule has 0 radical (unpaired) electrons. The quantitative estimate of drug-likeness (QED) is 0.610. The van der Waals surface area contributed by atoms with E-state index in [1.165, 1.54) is 0 Å². The molecule has 0 amide bonds. The summed E-state index contributed by atoms with van der Waals surface area (Å²) in [5.74, 6) is 0.0878. The Morgan fingerprint density at radius 1 is 1.12 bits per heavy atom. The molecular weight excluding hydrogens is 234 g/mol. The van der Waals surface area contributed by atoms with Gasteiger partial charge in [0.15, 0.2) is 14.0 Å². The largest absolute Gasteiger partial charge is 0.293 e. The van der Waals surface area contributed by atoms with E-state index in [4.69, 9.17) is 0 Å². The van der Waals surface area contributed by atoms with Gasteiger partial charge in [0.25, 0.3) is 0 Å². The maximum Gasteiger partial charge on any atom is 0.179 e. The van der Waals surface area contributed by atoms with Crippen molar-refractivity contribution in [1.29, 1.82) is 0 Å². The molecular formula is C10H21N3OSi2. The molecule has 16 heavy (non-hydrogen) atoms. The molecule has 0 N–H and O–H groups in total. The summed E-state index contributed by atoms with van der Waals surface area (Å²) in [6, 6.07) is 0. The summed E-state index contributed by atoms with van der Waals surface area (Å²) in [6.45, 7) is 14.7. The average Bonchev–Trinajstić information content (AvgIpc) is 2.43. The molecule has 1 heterocycles. The van der Waals surface area contributed by atoms with E-state index in [2.05, 4.69) is 49.6 Å². The Hall–Kier alpha value is -0.756. The van der Waals surface area contributed by atoms with Gasteiger partial charge in [0, 0.05) is 6.92 Å². The van der Waals surface area contributed by atoms with Crippen molar-refractivity contribution in [3.8, 4) is 0 Å². The summed E-state index contributed by atoms with van der Waals surface area (Å²) < 4.78 is 1.89. The predicted molar refractivity (Wildman–Crippen MR) is 71.8 cm³/mol. The summed E-state index contributed by atoms with van der Waals surface area (Å²) in [5, 5.41) is 9.43. The van der Waals surface area contributed by atoms with E-state index in [0.29, 0.717) is 0 Å². The SMILES string of the molecule is CC(=O)c1c([Si](C)(C)C)nnn1[Si](C)(C)C. The number of Topliss-reactive ketones (excluding diaryl/α,β-unsaturated/α-hetero) is 1. The van der Waals surface area contributed by atoms with Crippen LogP contribution in [0.15, 0.2) is 0 Å². The molecule has 0 unspecified atom stereocenters. The van der Waals surface area contributed by atoms with Crippen LogP contribution in [-0.4, -0.2) is 36.8 Å². The van der Waals surface area contributed by atoms with Crippen LogP contribution in [0.5, 0.6) is 0 Å². The molecule has 0 saturated carbocycles. The Morgan fingerprint density at radius 3 is 1.94 bits per heavy atom. The van der Waals surface area contributed by atoms with Crippen molar-refractivity contribution in [3.63, 3.8) is 0 Å². The van der Waals surface area contributed by atoms with Gasteiger partial charge in [-0.2, -0.15) is 0 Å². The molecule has 1 rings (SSSR count). The zero-order valence-corrected chi connectivity index (χ0v) is 13.2. The van der Waals surface area contributed by atoms with E-state index in [9.17, 15) is 4.79 Å². The Labute approximate surface area is 99.1 Å². The first kappa shape index (κ1) is 13.3. The topological polar surface area (TPSA) is 47.8 Å². The molecule has 0 spiro atoms. The molecule has 0 atom stereocenters. The fourth-order valence-electron chi connectivity index (χ4n) is 1.57. The van der Waals surface area contributed by atoms with Crippen LogP contribution in [0.1, 0.15) is 17.4 Å². The van der Waals surface area contributed by atoms with Crippen molar-refractivity contribution in [1.82, 2.24) is 14.7 Å². The van der Waals surface area contributed by atoms with Gasteiger partial charge in [-0.1, -0.05) is 24.9 Å². The van der Waals surface area contributed by atoms with Crippen molar-refractivity contribution < 1.29 is 4.79 Å². The fourth-order valence-corrected chi connectivity index (χ4v) is 4.27. The first-order valence-electron chi connectivity index (χ1n) is 5.52. The zero-order chi connectivity index (χ0) is 12.7. The van der Waals surface area contributed by atoms with Crippen molar-refractivity contribution in [3.05, 3.63) is 5.69 Å². The van der Waals surface area contributed by atoms with Gasteiger partial charge in [-0.05, 0) is 19.6 Å². The third kappa shape index (κ3) is 2.49. The van der Waals surface area contributed by atoms with Crippen molar-refractivity contribution in [2.45, 2.75) is 46.2 Å². The smallest absolute Gasteiger partial charge is 0.179 e. The van der Waals surface area contributed by atoms with Crippen LogP contribution in [-0.2, 0) is 0 Å². The highest BCUT2D eigenvalue weighted by molar-refractivity contribution is 6.89. The Balaban J connectivity index is 3.47. The third-order valence-corrected chi connectivity index (χ3v) is 5.69. The molecule has 0 fully saturated rings. The molecule has 0 saturated heterocycles. The second-order valence-electron chi connectivity index (χ2n) is 6.18. The number of nitrogens with zero attached hydrogens (tertiary/aromatic N) is 3. The standard InChI is InChI=1S/C10H21N3OSi2/c1-8(14)9-10(15(2,3)4)11-12-13(9)16(5,6)7/h1-7H3. The molecule has 0 aliphatic carbocycles. The van der Waals surface area contributed by atoms with Gasteiger partial charge >= 0.3 is 0 Å². The molecule has 0 bridgehead atoms.